The summed E-state index contributed by atoms with van der Waals surface area (Å²) in [6, 6.07) is 31.4. The molecule has 0 aliphatic heterocycles. The molecule has 0 radical (unpaired) electrons. The van der Waals surface area contributed by atoms with Gasteiger partial charge in [-0.3, -0.25) is 4.79 Å². The lowest BCUT2D eigenvalue weighted by atomic mass is 9.85. The number of nitrogens with one attached hydrogen (secondary N) is 1. The van der Waals surface area contributed by atoms with Gasteiger partial charge in [-0.2, -0.15) is 10.2 Å². The third kappa shape index (κ3) is 4.55. The van der Waals surface area contributed by atoms with Gasteiger partial charge in [0.2, 0.25) is 0 Å². The van der Waals surface area contributed by atoms with E-state index in [2.05, 4.69) is 10.5 Å². The molecule has 1 amide bonds. The first-order chi connectivity index (χ1) is 17.2. The van der Waals surface area contributed by atoms with E-state index < -0.39 is 11.5 Å². The highest BCUT2D eigenvalue weighted by Crippen LogP contribution is 2.30. The normalized spacial score (nSPS) is 11.6. The Hall–Kier alpha value is -4.33. The van der Waals surface area contributed by atoms with Crippen LogP contribution >= 0.6 is 11.3 Å². The quantitative estimate of drug-likeness (QED) is 0.256. The van der Waals surface area contributed by atoms with E-state index in [0.717, 1.165) is 21.8 Å². The summed E-state index contributed by atoms with van der Waals surface area (Å²) in [5, 5.41) is 22.5. The van der Waals surface area contributed by atoms with Crippen LogP contribution in [0.5, 0.6) is 0 Å². The Morgan fingerprint density at radius 1 is 0.886 bits per heavy atom. The van der Waals surface area contributed by atoms with Gasteiger partial charge >= 0.3 is 0 Å². The summed E-state index contributed by atoms with van der Waals surface area (Å²) in [5.74, 6) is -0.653. The highest BCUT2D eigenvalue weighted by molar-refractivity contribution is 7.13. The van der Waals surface area contributed by atoms with E-state index in [-0.39, 0.29) is 0 Å². The van der Waals surface area contributed by atoms with E-state index in [1.54, 1.807) is 70.8 Å². The summed E-state index contributed by atoms with van der Waals surface area (Å²) in [6.45, 7) is 0. The van der Waals surface area contributed by atoms with Crippen LogP contribution in [0.15, 0.2) is 120 Å². The molecular weight excluding hydrogens is 456 g/mol. The van der Waals surface area contributed by atoms with Crippen molar-refractivity contribution < 1.29 is 9.90 Å². The minimum atomic E-state index is -1.90. The molecule has 5 rings (SSSR count). The van der Waals surface area contributed by atoms with Crippen LogP contribution in [0.1, 0.15) is 16.7 Å². The number of rotatable bonds is 7. The van der Waals surface area contributed by atoms with Crippen LogP contribution in [-0.2, 0) is 10.4 Å². The molecule has 0 unspecified atom stereocenters. The molecule has 2 N–H and O–H groups in total. The van der Waals surface area contributed by atoms with E-state index in [1.165, 1.54) is 0 Å². The van der Waals surface area contributed by atoms with Crippen LogP contribution in [0.4, 0.5) is 0 Å². The second kappa shape index (κ2) is 9.89. The predicted molar refractivity (Wildman–Crippen MR) is 138 cm³/mol. The molecule has 0 atom stereocenters. The maximum Gasteiger partial charge on any atom is 0.281 e. The molecular formula is C28H22N4O2S. The van der Waals surface area contributed by atoms with E-state index in [0.29, 0.717) is 11.1 Å². The number of carbonyl (C=O) groups excluding carboxylic acids is 1. The lowest BCUT2D eigenvalue weighted by Gasteiger charge is -2.27. The lowest BCUT2D eigenvalue weighted by Crippen LogP contribution is -2.43. The van der Waals surface area contributed by atoms with Gasteiger partial charge < -0.3 is 5.11 Å². The number of hydrazone groups is 1. The minimum absolute atomic E-state index is 0.454. The van der Waals surface area contributed by atoms with Gasteiger partial charge in [0.15, 0.2) is 5.60 Å². The summed E-state index contributed by atoms with van der Waals surface area (Å²) in [6.07, 6.45) is 3.41. The maximum absolute atomic E-state index is 13.3. The zero-order valence-electron chi connectivity index (χ0n) is 18.7. The van der Waals surface area contributed by atoms with Gasteiger partial charge in [0.25, 0.3) is 5.91 Å². The van der Waals surface area contributed by atoms with Crippen LogP contribution in [0, 0.1) is 0 Å². The molecule has 0 fully saturated rings. The molecule has 172 valence electrons. The zero-order valence-corrected chi connectivity index (χ0v) is 19.5. The van der Waals surface area contributed by atoms with Gasteiger partial charge in [-0.05, 0) is 34.7 Å². The first kappa shape index (κ1) is 22.5. The van der Waals surface area contributed by atoms with Gasteiger partial charge in [0.1, 0.15) is 5.69 Å². The number of hydrogen-bond acceptors (Lipinski definition) is 5. The number of para-hydroxylation sites is 1. The number of thiophene rings is 1. The van der Waals surface area contributed by atoms with Crippen molar-refractivity contribution >= 4 is 23.5 Å². The molecule has 0 saturated carbocycles. The van der Waals surface area contributed by atoms with E-state index in [1.807, 2.05) is 66.2 Å². The fourth-order valence-corrected chi connectivity index (χ4v) is 4.56. The highest BCUT2D eigenvalue weighted by atomic mass is 32.1. The summed E-state index contributed by atoms with van der Waals surface area (Å²) >= 11 is 1.57. The fourth-order valence-electron chi connectivity index (χ4n) is 3.83. The fraction of sp³-hybridized carbons (Fsp3) is 0.0357. The Bertz CT molecular complexity index is 1390. The lowest BCUT2D eigenvalue weighted by molar-refractivity contribution is -0.136. The molecule has 6 nitrogen and oxygen atoms in total. The topological polar surface area (TPSA) is 79.5 Å². The van der Waals surface area contributed by atoms with Crippen molar-refractivity contribution in [3.05, 3.63) is 131 Å². The maximum atomic E-state index is 13.3. The molecule has 2 aromatic heterocycles. The number of amides is 1. The summed E-state index contributed by atoms with van der Waals surface area (Å²) in [7, 11) is 0. The van der Waals surface area contributed by atoms with Crippen LogP contribution < -0.4 is 5.43 Å². The van der Waals surface area contributed by atoms with E-state index >= 15 is 0 Å². The Labute approximate surface area is 206 Å². The number of hydrogen-bond donors (Lipinski definition) is 2. The Morgan fingerprint density at radius 2 is 1.49 bits per heavy atom. The molecule has 0 saturated heterocycles. The highest BCUT2D eigenvalue weighted by Gasteiger charge is 2.39. The third-order valence-electron chi connectivity index (χ3n) is 5.60. The average Bonchev–Trinajstić information content (AvgIpc) is 3.60. The molecule has 0 spiro atoms. The largest absolute Gasteiger partial charge is 0.372 e. The molecule has 0 aliphatic carbocycles. The first-order valence-corrected chi connectivity index (χ1v) is 11.9. The molecule has 3 aromatic carbocycles. The number of aromatic nitrogens is 2. The molecule has 7 heteroatoms. The second-order valence-corrected chi connectivity index (χ2v) is 8.78. The van der Waals surface area contributed by atoms with Gasteiger partial charge in [0, 0.05) is 11.8 Å². The molecule has 2 heterocycles. The molecule has 5 aromatic rings. The van der Waals surface area contributed by atoms with Gasteiger partial charge in [-0.15, -0.1) is 11.3 Å². The van der Waals surface area contributed by atoms with Gasteiger partial charge in [-0.1, -0.05) is 84.9 Å². The van der Waals surface area contributed by atoms with Crippen LogP contribution in [0.2, 0.25) is 0 Å². The van der Waals surface area contributed by atoms with Gasteiger partial charge in [-0.25, -0.2) is 10.1 Å². The summed E-state index contributed by atoms with van der Waals surface area (Å²) < 4.78 is 1.78. The number of benzene rings is 3. The van der Waals surface area contributed by atoms with E-state index in [9.17, 15) is 9.90 Å². The van der Waals surface area contributed by atoms with Gasteiger partial charge in [0.05, 0.1) is 16.8 Å². The van der Waals surface area contributed by atoms with Crippen molar-refractivity contribution in [3.63, 3.8) is 0 Å². The van der Waals surface area contributed by atoms with Crippen molar-refractivity contribution in [3.8, 4) is 16.3 Å². The first-order valence-electron chi connectivity index (χ1n) is 11.0. The number of carbonyl (C=O) groups is 1. The average molecular weight is 479 g/mol. The summed E-state index contributed by atoms with van der Waals surface area (Å²) in [4.78, 5) is 14.3. The van der Waals surface area contributed by atoms with E-state index in [4.69, 9.17) is 5.10 Å². The minimum Gasteiger partial charge on any atom is -0.372 e. The van der Waals surface area contributed by atoms with Crippen molar-refractivity contribution in [2.45, 2.75) is 5.60 Å². The Morgan fingerprint density at radius 3 is 2.06 bits per heavy atom. The van der Waals surface area contributed by atoms with Crippen molar-refractivity contribution in [2.24, 2.45) is 5.10 Å². The van der Waals surface area contributed by atoms with Crippen molar-refractivity contribution in [2.75, 3.05) is 0 Å². The standard InChI is InChI=1S/C28H22N4O2S/c33-27(28(34,22-11-4-1-5-12-22)23-13-6-2-7-14-23)30-29-19-21-20-32(24-15-8-3-9-16-24)31-26(21)25-17-10-18-35-25/h1-20,34H,(H,30,33)/b29-19+. The van der Waals surface area contributed by atoms with Crippen molar-refractivity contribution in [1.82, 2.24) is 15.2 Å². The Kier molecular flexibility index (Phi) is 6.34. The SMILES string of the molecule is O=C(N/N=C/c1cn(-c2ccccc2)nc1-c1cccs1)C(O)(c1ccccc1)c1ccccc1. The Balaban J connectivity index is 1.46. The predicted octanol–water partition coefficient (Wildman–Crippen LogP) is 4.99. The molecule has 0 aliphatic rings. The smallest absolute Gasteiger partial charge is 0.281 e. The number of nitrogens with zero attached hydrogens (tertiary/aromatic N) is 3. The third-order valence-corrected chi connectivity index (χ3v) is 6.48. The van der Waals surface area contributed by atoms with Crippen LogP contribution in [-0.4, -0.2) is 27.0 Å². The van der Waals surface area contributed by atoms with Crippen LogP contribution in [0.3, 0.4) is 0 Å². The molecule has 35 heavy (non-hydrogen) atoms. The second-order valence-electron chi connectivity index (χ2n) is 7.83. The number of aliphatic hydroxyl groups is 1. The van der Waals surface area contributed by atoms with Crippen molar-refractivity contribution in [1.29, 1.82) is 0 Å². The molecule has 0 bridgehead atoms. The monoisotopic (exact) mass is 478 g/mol. The van der Waals surface area contributed by atoms with Crippen LogP contribution in [0.25, 0.3) is 16.3 Å². The zero-order chi connectivity index (χ0) is 24.1. The summed E-state index contributed by atoms with van der Waals surface area (Å²) in [5.41, 5.74) is 3.95.